The fraction of sp³-hybridized carbons (Fsp3) is 0.143. The number of aryl methyl sites for hydroxylation is 1. The Morgan fingerprint density at radius 1 is 1.04 bits per heavy atom. The summed E-state index contributed by atoms with van der Waals surface area (Å²) in [7, 11) is 0. The molecule has 0 saturated carbocycles. The first-order valence-corrected chi connectivity index (χ1v) is 8.39. The lowest BCUT2D eigenvalue weighted by molar-refractivity contribution is 0.0691. The average molecular weight is 330 g/mol. The van der Waals surface area contributed by atoms with Gasteiger partial charge >= 0.3 is 5.97 Å². The molecule has 0 atom stereocenters. The van der Waals surface area contributed by atoms with Crippen molar-refractivity contribution in [1.82, 2.24) is 4.98 Å². The molecule has 0 fully saturated rings. The van der Waals surface area contributed by atoms with Crippen LogP contribution in [-0.2, 0) is 6.42 Å². The molecule has 0 amide bonds. The fourth-order valence-electron chi connectivity index (χ4n) is 3.39. The first-order valence-electron chi connectivity index (χ1n) is 8.39. The Kier molecular flexibility index (Phi) is 3.94. The van der Waals surface area contributed by atoms with Crippen LogP contribution in [0.15, 0.2) is 60.8 Å². The summed E-state index contributed by atoms with van der Waals surface area (Å²) >= 11 is 0. The van der Waals surface area contributed by atoms with Gasteiger partial charge in [0.1, 0.15) is 0 Å². The summed E-state index contributed by atoms with van der Waals surface area (Å²) < 4.78 is 0. The number of carboxylic acid groups (broad SMARTS) is 1. The number of pyridine rings is 1. The smallest absolute Gasteiger partial charge is 0.355 e. The minimum absolute atomic E-state index is 0.0781. The van der Waals surface area contributed by atoms with Crippen molar-refractivity contribution >= 4 is 11.7 Å². The van der Waals surface area contributed by atoms with Gasteiger partial charge in [-0.1, -0.05) is 42.5 Å². The second kappa shape index (κ2) is 6.40. The molecule has 25 heavy (non-hydrogen) atoms. The van der Waals surface area contributed by atoms with Crippen LogP contribution < -0.4 is 5.32 Å². The van der Waals surface area contributed by atoms with Gasteiger partial charge < -0.3 is 10.4 Å². The second-order valence-corrected chi connectivity index (χ2v) is 6.16. The first kappa shape index (κ1) is 15.4. The van der Waals surface area contributed by atoms with Crippen LogP contribution >= 0.6 is 0 Å². The van der Waals surface area contributed by atoms with E-state index in [1.165, 1.54) is 5.56 Å². The van der Waals surface area contributed by atoms with Crippen molar-refractivity contribution in [2.24, 2.45) is 0 Å². The highest BCUT2D eigenvalue weighted by atomic mass is 16.4. The molecule has 2 aromatic carbocycles. The number of nitrogens with zero attached hydrogens (tertiary/aromatic N) is 1. The predicted molar refractivity (Wildman–Crippen MR) is 98.9 cm³/mol. The molecular formula is C21H18N2O2. The molecule has 0 aliphatic carbocycles. The molecule has 4 heteroatoms. The number of carboxylic acids is 1. The van der Waals surface area contributed by atoms with Crippen molar-refractivity contribution in [2.75, 3.05) is 11.9 Å². The lowest BCUT2D eigenvalue weighted by Crippen LogP contribution is -2.11. The highest BCUT2D eigenvalue weighted by Crippen LogP contribution is 2.36. The lowest BCUT2D eigenvalue weighted by atomic mass is 9.91. The summed E-state index contributed by atoms with van der Waals surface area (Å²) in [5.41, 5.74) is 5.92. The minimum Gasteiger partial charge on any atom is -0.476 e. The Balaban J connectivity index is 1.93. The molecule has 4 nitrogen and oxygen atoms in total. The van der Waals surface area contributed by atoms with Gasteiger partial charge in [0.2, 0.25) is 0 Å². The number of hydrogen-bond donors (Lipinski definition) is 2. The Labute approximate surface area is 146 Å². The van der Waals surface area contributed by atoms with E-state index >= 15 is 0 Å². The van der Waals surface area contributed by atoms with Gasteiger partial charge in [-0.2, -0.15) is 0 Å². The molecule has 0 bridgehead atoms. The molecule has 124 valence electrons. The molecule has 2 N–H and O–H groups in total. The number of fused-ring (bicyclic) bond motifs is 1. The molecule has 0 spiro atoms. The summed E-state index contributed by atoms with van der Waals surface area (Å²) in [6, 6.07) is 17.8. The molecule has 3 aromatic rings. The zero-order chi connectivity index (χ0) is 17.2. The Morgan fingerprint density at radius 3 is 2.68 bits per heavy atom. The number of hydrogen-bond acceptors (Lipinski definition) is 3. The highest BCUT2D eigenvalue weighted by Gasteiger charge is 2.19. The zero-order valence-corrected chi connectivity index (χ0v) is 13.7. The number of aromatic carboxylic acids is 1. The maximum Gasteiger partial charge on any atom is 0.355 e. The molecule has 1 aliphatic heterocycles. The normalized spacial score (nSPS) is 13.0. The summed E-state index contributed by atoms with van der Waals surface area (Å²) in [5, 5.41) is 13.1. The van der Waals surface area contributed by atoms with E-state index in [2.05, 4.69) is 28.5 Å². The molecule has 1 aromatic heterocycles. The van der Waals surface area contributed by atoms with Crippen LogP contribution in [0.5, 0.6) is 0 Å². The van der Waals surface area contributed by atoms with Gasteiger partial charge in [-0.05, 0) is 47.2 Å². The standard InChI is InChI=1S/C21H18N2O2/c24-21(25)20-19(15-5-2-1-3-6-15)17(10-12-23-20)16-9-8-14-7-4-11-22-18(14)13-16/h1-3,5-6,8-10,12-13,22H,4,7,11H2,(H,24,25). The number of carbonyl (C=O) groups is 1. The molecule has 0 radical (unpaired) electrons. The molecular weight excluding hydrogens is 312 g/mol. The lowest BCUT2D eigenvalue weighted by Gasteiger charge is -2.20. The molecule has 0 saturated heterocycles. The van der Waals surface area contributed by atoms with Gasteiger partial charge in [-0.25, -0.2) is 9.78 Å². The van der Waals surface area contributed by atoms with Crippen LogP contribution in [0.25, 0.3) is 22.3 Å². The van der Waals surface area contributed by atoms with Gasteiger partial charge in [-0.15, -0.1) is 0 Å². The molecule has 4 rings (SSSR count). The number of benzene rings is 2. The maximum absolute atomic E-state index is 11.7. The quantitative estimate of drug-likeness (QED) is 0.743. The van der Waals surface area contributed by atoms with Crippen molar-refractivity contribution < 1.29 is 9.90 Å². The molecule has 0 unspecified atom stereocenters. The van der Waals surface area contributed by atoms with Gasteiger partial charge in [0.05, 0.1) is 0 Å². The average Bonchev–Trinajstić information content (AvgIpc) is 2.67. The Bertz CT molecular complexity index is 936. The Morgan fingerprint density at radius 2 is 1.88 bits per heavy atom. The van der Waals surface area contributed by atoms with Crippen molar-refractivity contribution in [2.45, 2.75) is 12.8 Å². The van der Waals surface area contributed by atoms with Crippen molar-refractivity contribution in [3.05, 3.63) is 72.1 Å². The third-order valence-corrected chi connectivity index (χ3v) is 4.58. The number of nitrogens with one attached hydrogen (secondary N) is 1. The van der Waals surface area contributed by atoms with E-state index in [4.69, 9.17) is 0 Å². The second-order valence-electron chi connectivity index (χ2n) is 6.16. The maximum atomic E-state index is 11.7. The summed E-state index contributed by atoms with van der Waals surface area (Å²) in [4.78, 5) is 15.8. The van der Waals surface area contributed by atoms with Crippen molar-refractivity contribution in [3.63, 3.8) is 0 Å². The minimum atomic E-state index is -1.02. The first-order chi connectivity index (χ1) is 12.2. The summed E-state index contributed by atoms with van der Waals surface area (Å²) in [6.45, 7) is 0.971. The van der Waals surface area contributed by atoms with E-state index < -0.39 is 5.97 Å². The van der Waals surface area contributed by atoms with Gasteiger partial charge in [-0.3, -0.25) is 0 Å². The summed E-state index contributed by atoms with van der Waals surface area (Å²) in [6.07, 6.45) is 3.78. The Hall–Kier alpha value is -3.14. The monoisotopic (exact) mass is 330 g/mol. The van der Waals surface area contributed by atoms with E-state index in [9.17, 15) is 9.90 Å². The van der Waals surface area contributed by atoms with Gasteiger partial charge in [0.25, 0.3) is 0 Å². The van der Waals surface area contributed by atoms with Crippen LogP contribution in [0, 0.1) is 0 Å². The fourth-order valence-corrected chi connectivity index (χ4v) is 3.39. The summed E-state index contributed by atoms with van der Waals surface area (Å²) in [5.74, 6) is -1.02. The number of rotatable bonds is 3. The van der Waals surface area contributed by atoms with Gasteiger partial charge in [0, 0.05) is 24.0 Å². The SMILES string of the molecule is O=C(O)c1nccc(-c2ccc3c(c2)NCCC3)c1-c1ccccc1. The van der Waals surface area contributed by atoms with E-state index in [0.717, 1.165) is 41.8 Å². The molecule has 2 heterocycles. The topological polar surface area (TPSA) is 62.2 Å². The zero-order valence-electron chi connectivity index (χ0n) is 13.7. The number of aromatic nitrogens is 1. The largest absolute Gasteiger partial charge is 0.476 e. The van der Waals surface area contributed by atoms with Crippen LogP contribution in [0.1, 0.15) is 22.5 Å². The number of anilines is 1. The van der Waals surface area contributed by atoms with Crippen molar-refractivity contribution in [1.29, 1.82) is 0 Å². The third-order valence-electron chi connectivity index (χ3n) is 4.58. The van der Waals surface area contributed by atoms with E-state index in [1.54, 1.807) is 6.20 Å². The van der Waals surface area contributed by atoms with Crippen LogP contribution in [0.3, 0.4) is 0 Å². The van der Waals surface area contributed by atoms with Crippen LogP contribution in [0.2, 0.25) is 0 Å². The predicted octanol–water partition coefficient (Wildman–Crippen LogP) is 4.47. The van der Waals surface area contributed by atoms with Crippen LogP contribution in [-0.4, -0.2) is 22.6 Å². The van der Waals surface area contributed by atoms with E-state index in [0.29, 0.717) is 5.56 Å². The van der Waals surface area contributed by atoms with Crippen molar-refractivity contribution in [3.8, 4) is 22.3 Å². The van der Waals surface area contributed by atoms with E-state index in [1.807, 2.05) is 36.4 Å². The van der Waals surface area contributed by atoms with E-state index in [-0.39, 0.29) is 5.69 Å². The van der Waals surface area contributed by atoms with Crippen LogP contribution in [0.4, 0.5) is 5.69 Å². The third kappa shape index (κ3) is 2.87. The highest BCUT2D eigenvalue weighted by molar-refractivity contribution is 5.99. The van der Waals surface area contributed by atoms with Gasteiger partial charge in [0.15, 0.2) is 5.69 Å². The molecule has 1 aliphatic rings.